The molecule has 1 aliphatic rings. The maximum absolute atomic E-state index is 5.94. The van der Waals surface area contributed by atoms with Crippen LogP contribution >= 0.6 is 0 Å². The van der Waals surface area contributed by atoms with Crippen LogP contribution in [0.1, 0.15) is 135 Å². The second-order valence-corrected chi connectivity index (χ2v) is 11.5. The lowest BCUT2D eigenvalue weighted by atomic mass is 9.78. The summed E-state index contributed by atoms with van der Waals surface area (Å²) in [5.41, 5.74) is 2.24. The fourth-order valence-electron chi connectivity index (χ4n) is 5.80. The first-order valence-electron chi connectivity index (χ1n) is 15.8. The van der Waals surface area contributed by atoms with Gasteiger partial charge in [-0.3, -0.25) is 0 Å². The van der Waals surface area contributed by atoms with Gasteiger partial charge in [0, 0.05) is 24.4 Å². The molecule has 1 aromatic heterocycles. The third kappa shape index (κ3) is 12.0. The van der Waals surface area contributed by atoms with Crippen molar-refractivity contribution < 1.29 is 4.74 Å². The van der Waals surface area contributed by atoms with Crippen molar-refractivity contribution in [3.63, 3.8) is 0 Å². The van der Waals surface area contributed by atoms with Gasteiger partial charge in [0.2, 0.25) is 0 Å². The summed E-state index contributed by atoms with van der Waals surface area (Å²) in [7, 11) is 0. The summed E-state index contributed by atoms with van der Waals surface area (Å²) >= 11 is 0. The fraction of sp³-hybridized carbons (Fsp3) is 0.706. The van der Waals surface area contributed by atoms with Crippen LogP contribution in [0.3, 0.4) is 0 Å². The van der Waals surface area contributed by atoms with Crippen LogP contribution < -0.4 is 4.74 Å². The van der Waals surface area contributed by atoms with E-state index in [4.69, 9.17) is 14.7 Å². The van der Waals surface area contributed by atoms with E-state index in [1.54, 1.807) is 0 Å². The van der Waals surface area contributed by atoms with Crippen molar-refractivity contribution in [2.75, 3.05) is 6.61 Å². The van der Waals surface area contributed by atoms with Gasteiger partial charge in [-0.15, -0.1) is 0 Å². The largest absolute Gasteiger partial charge is 0.494 e. The topological polar surface area (TPSA) is 35.0 Å². The van der Waals surface area contributed by atoms with Gasteiger partial charge in [0.05, 0.1) is 6.61 Å². The van der Waals surface area contributed by atoms with Crippen LogP contribution in [0.25, 0.3) is 11.1 Å². The maximum atomic E-state index is 5.94. The van der Waals surface area contributed by atoms with E-state index in [1.165, 1.54) is 109 Å². The third-order valence-electron chi connectivity index (χ3n) is 8.37. The molecule has 0 spiro atoms. The third-order valence-corrected chi connectivity index (χ3v) is 8.37. The Hall–Kier alpha value is -1.90. The Morgan fingerprint density at radius 2 is 1.16 bits per heavy atom. The van der Waals surface area contributed by atoms with Gasteiger partial charge >= 0.3 is 0 Å². The Kier molecular flexibility index (Phi) is 14.7. The van der Waals surface area contributed by atoms with Crippen LogP contribution in [0.15, 0.2) is 36.7 Å². The lowest BCUT2D eigenvalue weighted by Crippen LogP contribution is -2.15. The molecule has 1 fully saturated rings. The molecule has 1 aromatic carbocycles. The molecule has 1 heterocycles. The van der Waals surface area contributed by atoms with E-state index >= 15 is 0 Å². The first-order chi connectivity index (χ1) is 18.3. The summed E-state index contributed by atoms with van der Waals surface area (Å²) in [4.78, 5) is 9.39. The van der Waals surface area contributed by atoms with Crippen molar-refractivity contribution in [1.82, 2.24) is 9.97 Å². The Morgan fingerprint density at radius 3 is 1.78 bits per heavy atom. The Labute approximate surface area is 228 Å². The monoisotopic (exact) mass is 506 g/mol. The molecule has 0 bridgehead atoms. The van der Waals surface area contributed by atoms with E-state index in [-0.39, 0.29) is 0 Å². The zero-order chi connectivity index (χ0) is 26.0. The SMILES string of the molecule is CCCCCCCCCOc1ccc(-c2cnc(CC[C@H]3CC[C@H](CCCCCCC)CC3)nc2)cc1. The predicted octanol–water partition coefficient (Wildman–Crippen LogP) is 10.4. The first-order valence-corrected chi connectivity index (χ1v) is 15.8. The minimum atomic E-state index is 0.811. The first kappa shape index (κ1) is 29.7. The molecule has 1 aliphatic carbocycles. The molecular formula is C34H54N2O. The second-order valence-electron chi connectivity index (χ2n) is 11.5. The van der Waals surface area contributed by atoms with Gasteiger partial charge in [-0.05, 0) is 42.4 Å². The highest BCUT2D eigenvalue weighted by atomic mass is 16.5. The molecule has 37 heavy (non-hydrogen) atoms. The summed E-state index contributed by atoms with van der Waals surface area (Å²) in [5, 5.41) is 0. The van der Waals surface area contributed by atoms with Gasteiger partial charge in [0.25, 0.3) is 0 Å². The summed E-state index contributed by atoms with van der Waals surface area (Å²) in [6.45, 7) is 5.38. The Morgan fingerprint density at radius 1 is 0.622 bits per heavy atom. The van der Waals surface area contributed by atoms with Gasteiger partial charge in [-0.2, -0.15) is 0 Å². The molecule has 206 valence electrons. The number of ether oxygens (including phenoxy) is 1. The van der Waals surface area contributed by atoms with E-state index in [9.17, 15) is 0 Å². The molecule has 0 atom stereocenters. The minimum absolute atomic E-state index is 0.811. The van der Waals surface area contributed by atoms with Crippen molar-refractivity contribution in [1.29, 1.82) is 0 Å². The molecule has 0 aliphatic heterocycles. The van der Waals surface area contributed by atoms with Crippen LogP contribution in [-0.2, 0) is 6.42 Å². The molecule has 0 radical (unpaired) electrons. The van der Waals surface area contributed by atoms with Crippen LogP contribution in [0, 0.1) is 11.8 Å². The molecule has 3 rings (SSSR count). The zero-order valence-corrected chi connectivity index (χ0v) is 24.1. The number of aromatic nitrogens is 2. The number of unbranched alkanes of at least 4 members (excludes halogenated alkanes) is 10. The highest BCUT2D eigenvalue weighted by molar-refractivity contribution is 5.62. The molecule has 3 heteroatoms. The lowest BCUT2D eigenvalue weighted by Gasteiger charge is -2.28. The van der Waals surface area contributed by atoms with Crippen molar-refractivity contribution in [3.8, 4) is 16.9 Å². The van der Waals surface area contributed by atoms with Crippen LogP contribution in [0.4, 0.5) is 0 Å². The predicted molar refractivity (Wildman–Crippen MR) is 158 cm³/mol. The highest BCUT2D eigenvalue weighted by Gasteiger charge is 2.21. The van der Waals surface area contributed by atoms with Crippen LogP contribution in [0.5, 0.6) is 5.75 Å². The Balaban J connectivity index is 1.29. The van der Waals surface area contributed by atoms with Crippen molar-refractivity contribution in [3.05, 3.63) is 42.5 Å². The van der Waals surface area contributed by atoms with Gasteiger partial charge in [0.15, 0.2) is 0 Å². The smallest absolute Gasteiger partial charge is 0.128 e. The quantitative estimate of drug-likeness (QED) is 0.178. The Bertz CT molecular complexity index is 809. The number of hydrogen-bond donors (Lipinski definition) is 0. The van der Waals surface area contributed by atoms with E-state index in [2.05, 4.69) is 38.1 Å². The molecule has 3 nitrogen and oxygen atoms in total. The average Bonchev–Trinajstić information content (AvgIpc) is 2.94. The summed E-state index contributed by atoms with van der Waals surface area (Å²) in [6, 6.07) is 8.40. The van der Waals surface area contributed by atoms with E-state index in [0.29, 0.717) is 0 Å². The number of benzene rings is 1. The number of nitrogens with zero attached hydrogens (tertiary/aromatic N) is 2. The van der Waals surface area contributed by atoms with Gasteiger partial charge in [-0.25, -0.2) is 9.97 Å². The zero-order valence-electron chi connectivity index (χ0n) is 24.1. The normalized spacial score (nSPS) is 17.7. The molecule has 0 unspecified atom stereocenters. The van der Waals surface area contributed by atoms with Gasteiger partial charge in [-0.1, -0.05) is 129 Å². The van der Waals surface area contributed by atoms with Gasteiger partial charge < -0.3 is 4.74 Å². The van der Waals surface area contributed by atoms with Crippen molar-refractivity contribution >= 4 is 0 Å². The average molecular weight is 507 g/mol. The second kappa shape index (κ2) is 18.4. The molecule has 0 N–H and O–H groups in total. The fourth-order valence-corrected chi connectivity index (χ4v) is 5.80. The summed E-state index contributed by atoms with van der Waals surface area (Å²) in [6.07, 6.45) is 29.7. The van der Waals surface area contributed by atoms with E-state index < -0.39 is 0 Å². The molecule has 2 aromatic rings. The highest BCUT2D eigenvalue weighted by Crippen LogP contribution is 2.34. The van der Waals surface area contributed by atoms with E-state index in [1.807, 2.05) is 12.4 Å². The van der Waals surface area contributed by atoms with Crippen molar-refractivity contribution in [2.24, 2.45) is 11.8 Å². The number of hydrogen-bond acceptors (Lipinski definition) is 3. The number of aryl methyl sites for hydroxylation is 1. The lowest BCUT2D eigenvalue weighted by molar-refractivity contribution is 0.248. The van der Waals surface area contributed by atoms with Crippen molar-refractivity contribution in [2.45, 2.75) is 136 Å². The summed E-state index contributed by atoms with van der Waals surface area (Å²) < 4.78 is 5.94. The van der Waals surface area contributed by atoms with Crippen LogP contribution in [0.2, 0.25) is 0 Å². The number of rotatable bonds is 19. The molecule has 0 amide bonds. The molecular weight excluding hydrogens is 452 g/mol. The van der Waals surface area contributed by atoms with Gasteiger partial charge in [0.1, 0.15) is 11.6 Å². The molecule has 1 saturated carbocycles. The maximum Gasteiger partial charge on any atom is 0.128 e. The standard InChI is InChI=1S/C34H54N2O/c1-3-5-7-9-10-12-14-26-37-33-23-21-31(22-24-33)32-27-35-34(36-28-32)25-20-30-18-16-29(17-19-30)15-13-11-8-6-4-2/h21-24,27-30H,3-20,25-26H2,1-2H3/t29-,30-. The molecule has 0 saturated heterocycles. The van der Waals surface area contributed by atoms with E-state index in [0.717, 1.165) is 54.0 Å². The van der Waals surface area contributed by atoms with Crippen LogP contribution in [-0.4, -0.2) is 16.6 Å². The minimum Gasteiger partial charge on any atom is -0.494 e. The summed E-state index contributed by atoms with van der Waals surface area (Å²) in [5.74, 6) is 3.81.